The number of nitrogens with zero attached hydrogens (tertiary/aromatic N) is 1. The zero-order valence-electron chi connectivity index (χ0n) is 12.1. The van der Waals surface area contributed by atoms with Crippen molar-refractivity contribution in [1.29, 1.82) is 0 Å². The van der Waals surface area contributed by atoms with Crippen LogP contribution in [0.4, 0.5) is 0 Å². The van der Waals surface area contributed by atoms with Gasteiger partial charge in [0.15, 0.2) is 4.77 Å². The summed E-state index contributed by atoms with van der Waals surface area (Å²) in [6, 6.07) is 5.55. The van der Waals surface area contributed by atoms with Gasteiger partial charge in [-0.15, -0.1) is 0 Å². The van der Waals surface area contributed by atoms with Gasteiger partial charge >= 0.3 is 0 Å². The molecule has 0 saturated heterocycles. The molecular formula is C16H16ClN3OS. The summed E-state index contributed by atoms with van der Waals surface area (Å²) in [5, 5.41) is 0.659. The molecule has 0 bridgehead atoms. The molecule has 0 amide bonds. The van der Waals surface area contributed by atoms with Crippen LogP contribution >= 0.6 is 23.8 Å². The number of aromatic amines is 1. The molecule has 0 fully saturated rings. The highest BCUT2D eigenvalue weighted by Crippen LogP contribution is 2.24. The highest BCUT2D eigenvalue weighted by molar-refractivity contribution is 7.71. The van der Waals surface area contributed by atoms with Crippen LogP contribution in [0.3, 0.4) is 0 Å². The van der Waals surface area contributed by atoms with Crippen molar-refractivity contribution in [1.82, 2.24) is 9.55 Å². The number of fused-ring (bicyclic) bond motifs is 1. The SMILES string of the molecule is C[C@H](N)c1cc(Cl)ccc1Cn1c2c(c(=O)[nH]c1=S)CC=C2. The summed E-state index contributed by atoms with van der Waals surface area (Å²) in [5.41, 5.74) is 9.60. The fourth-order valence-corrected chi connectivity index (χ4v) is 3.20. The van der Waals surface area contributed by atoms with Crippen molar-refractivity contribution in [2.75, 3.05) is 0 Å². The lowest BCUT2D eigenvalue weighted by Gasteiger charge is -2.17. The van der Waals surface area contributed by atoms with E-state index < -0.39 is 0 Å². The van der Waals surface area contributed by atoms with Gasteiger partial charge in [-0.3, -0.25) is 9.78 Å². The van der Waals surface area contributed by atoms with Crippen LogP contribution in [0.5, 0.6) is 0 Å². The Labute approximate surface area is 138 Å². The second kappa shape index (κ2) is 5.83. The Balaban J connectivity index is 2.13. The molecule has 1 aliphatic rings. The van der Waals surface area contributed by atoms with Crippen LogP contribution in [0.25, 0.3) is 6.08 Å². The van der Waals surface area contributed by atoms with Gasteiger partial charge in [-0.1, -0.05) is 23.7 Å². The third-order valence-corrected chi connectivity index (χ3v) is 4.42. The first kappa shape index (κ1) is 15.2. The van der Waals surface area contributed by atoms with Gasteiger partial charge in [0.25, 0.3) is 5.56 Å². The van der Waals surface area contributed by atoms with Crippen LogP contribution in [-0.2, 0) is 13.0 Å². The summed E-state index contributed by atoms with van der Waals surface area (Å²) in [7, 11) is 0. The number of benzene rings is 1. The van der Waals surface area contributed by atoms with E-state index in [-0.39, 0.29) is 11.6 Å². The summed E-state index contributed by atoms with van der Waals surface area (Å²) < 4.78 is 2.35. The van der Waals surface area contributed by atoms with E-state index in [2.05, 4.69) is 4.98 Å². The molecule has 1 atom stereocenters. The molecule has 6 heteroatoms. The Morgan fingerprint density at radius 1 is 1.50 bits per heavy atom. The van der Waals surface area contributed by atoms with Crippen molar-refractivity contribution in [3.05, 3.63) is 66.8 Å². The third kappa shape index (κ3) is 2.67. The van der Waals surface area contributed by atoms with Gasteiger partial charge in [-0.25, -0.2) is 0 Å². The molecule has 0 radical (unpaired) electrons. The molecule has 0 aliphatic heterocycles. The zero-order valence-corrected chi connectivity index (χ0v) is 13.7. The maximum Gasteiger partial charge on any atom is 0.255 e. The zero-order chi connectivity index (χ0) is 15.9. The number of hydrogen-bond acceptors (Lipinski definition) is 3. The minimum atomic E-state index is -0.130. The summed E-state index contributed by atoms with van der Waals surface area (Å²) in [4.78, 5) is 14.7. The topological polar surface area (TPSA) is 63.8 Å². The van der Waals surface area contributed by atoms with Gasteiger partial charge in [-0.05, 0) is 54.9 Å². The van der Waals surface area contributed by atoms with Crippen molar-refractivity contribution < 1.29 is 0 Å². The lowest BCUT2D eigenvalue weighted by molar-refractivity contribution is 0.707. The first-order chi connectivity index (χ1) is 10.5. The number of nitrogens with two attached hydrogens (primary N) is 1. The van der Waals surface area contributed by atoms with Gasteiger partial charge in [0.1, 0.15) is 0 Å². The summed E-state index contributed by atoms with van der Waals surface area (Å²) in [6.07, 6.45) is 4.56. The average Bonchev–Trinajstić information content (AvgIpc) is 2.94. The predicted octanol–water partition coefficient (Wildman–Crippen LogP) is 3.20. The highest BCUT2D eigenvalue weighted by Gasteiger charge is 2.16. The third-order valence-electron chi connectivity index (χ3n) is 3.86. The van der Waals surface area contributed by atoms with Gasteiger partial charge in [0.2, 0.25) is 0 Å². The van der Waals surface area contributed by atoms with Crippen molar-refractivity contribution in [3.63, 3.8) is 0 Å². The molecule has 0 saturated carbocycles. The molecule has 114 valence electrons. The molecule has 4 nitrogen and oxygen atoms in total. The number of allylic oxidation sites excluding steroid dienone is 1. The second-order valence-electron chi connectivity index (χ2n) is 5.45. The lowest BCUT2D eigenvalue weighted by Crippen LogP contribution is -2.21. The summed E-state index contributed by atoms with van der Waals surface area (Å²) >= 11 is 11.4. The molecule has 22 heavy (non-hydrogen) atoms. The minimum absolute atomic E-state index is 0.107. The Kier molecular flexibility index (Phi) is 4.04. The molecule has 1 aromatic heterocycles. The summed E-state index contributed by atoms with van der Waals surface area (Å²) in [5.74, 6) is 0. The van der Waals surface area contributed by atoms with Crippen LogP contribution in [0.15, 0.2) is 29.1 Å². The molecule has 3 rings (SSSR count). The predicted molar refractivity (Wildman–Crippen MR) is 91.8 cm³/mol. The highest BCUT2D eigenvalue weighted by atomic mass is 35.5. The smallest absolute Gasteiger partial charge is 0.255 e. The lowest BCUT2D eigenvalue weighted by atomic mass is 10.0. The van der Waals surface area contributed by atoms with E-state index >= 15 is 0 Å². The number of halogens is 1. The molecule has 0 spiro atoms. The van der Waals surface area contributed by atoms with E-state index in [4.69, 9.17) is 29.6 Å². The summed E-state index contributed by atoms with van der Waals surface area (Å²) in [6.45, 7) is 2.47. The molecule has 0 unspecified atom stereocenters. The standard InChI is InChI=1S/C16H16ClN3OS/c1-9(18)13-7-11(17)6-5-10(13)8-20-14-4-2-3-12(14)15(21)19-16(20)22/h2,4-7,9H,3,8,18H2,1H3,(H,19,21,22)/t9-/m0/s1. The fraction of sp³-hybridized carbons (Fsp3) is 0.250. The number of hydrogen-bond donors (Lipinski definition) is 2. The first-order valence-corrected chi connectivity index (χ1v) is 7.82. The Bertz CT molecular complexity index is 880. The normalized spacial score (nSPS) is 14.1. The van der Waals surface area contributed by atoms with Crippen molar-refractivity contribution >= 4 is 29.9 Å². The minimum Gasteiger partial charge on any atom is -0.324 e. The van der Waals surface area contributed by atoms with Crippen molar-refractivity contribution in [2.45, 2.75) is 25.9 Å². The first-order valence-electron chi connectivity index (χ1n) is 7.04. The molecule has 1 aromatic carbocycles. The second-order valence-corrected chi connectivity index (χ2v) is 6.27. The Hall–Kier alpha value is -1.69. The Morgan fingerprint density at radius 3 is 3.00 bits per heavy atom. The van der Waals surface area contributed by atoms with E-state index in [0.29, 0.717) is 22.8 Å². The molecule has 2 aromatic rings. The largest absolute Gasteiger partial charge is 0.324 e. The van der Waals surface area contributed by atoms with E-state index in [1.165, 1.54) is 0 Å². The van der Waals surface area contributed by atoms with Gasteiger partial charge in [0, 0.05) is 16.6 Å². The number of rotatable bonds is 3. The van der Waals surface area contributed by atoms with E-state index in [1.54, 1.807) is 0 Å². The van der Waals surface area contributed by atoms with Crippen molar-refractivity contribution in [2.24, 2.45) is 5.73 Å². The van der Waals surface area contributed by atoms with Crippen LogP contribution in [0, 0.1) is 4.77 Å². The van der Waals surface area contributed by atoms with Gasteiger partial charge in [0.05, 0.1) is 12.2 Å². The van der Waals surface area contributed by atoms with Crippen molar-refractivity contribution in [3.8, 4) is 0 Å². The van der Waals surface area contributed by atoms with E-state index in [1.807, 2.05) is 41.8 Å². The number of nitrogens with one attached hydrogen (secondary N) is 1. The fourth-order valence-electron chi connectivity index (χ4n) is 2.77. The van der Waals surface area contributed by atoms with E-state index in [0.717, 1.165) is 22.4 Å². The molecule has 3 N–H and O–H groups in total. The van der Waals surface area contributed by atoms with Crippen LogP contribution < -0.4 is 11.3 Å². The van der Waals surface area contributed by atoms with Crippen LogP contribution in [0.2, 0.25) is 5.02 Å². The number of aromatic nitrogens is 2. The average molecular weight is 334 g/mol. The van der Waals surface area contributed by atoms with Crippen LogP contribution in [0.1, 0.15) is 35.3 Å². The quantitative estimate of drug-likeness (QED) is 0.848. The maximum absolute atomic E-state index is 11.9. The van der Waals surface area contributed by atoms with Gasteiger partial charge < -0.3 is 10.3 Å². The Morgan fingerprint density at radius 2 is 2.27 bits per heavy atom. The maximum atomic E-state index is 11.9. The molecule has 1 aliphatic carbocycles. The molecule has 1 heterocycles. The van der Waals surface area contributed by atoms with E-state index in [9.17, 15) is 4.79 Å². The van der Waals surface area contributed by atoms with Crippen LogP contribution in [-0.4, -0.2) is 9.55 Å². The number of H-pyrrole nitrogens is 1. The molecular weight excluding hydrogens is 318 g/mol. The van der Waals surface area contributed by atoms with Gasteiger partial charge in [-0.2, -0.15) is 0 Å². The monoisotopic (exact) mass is 333 g/mol.